The third-order valence-corrected chi connectivity index (χ3v) is 4.35. The lowest BCUT2D eigenvalue weighted by Crippen LogP contribution is -2.00. The molecule has 0 aliphatic carbocycles. The first-order chi connectivity index (χ1) is 8.52. The molecule has 4 nitrogen and oxygen atoms in total. The van der Waals surface area contributed by atoms with Gasteiger partial charge in [0, 0.05) is 16.2 Å². The minimum Gasteiger partial charge on any atom is -0.398 e. The van der Waals surface area contributed by atoms with Crippen molar-refractivity contribution < 1.29 is 13.6 Å². The summed E-state index contributed by atoms with van der Waals surface area (Å²) in [6, 6.07) is 7.30. The molecule has 0 unspecified atom stereocenters. The van der Waals surface area contributed by atoms with E-state index >= 15 is 0 Å². The molecule has 18 heavy (non-hydrogen) atoms. The van der Waals surface area contributed by atoms with Crippen molar-refractivity contribution in [2.24, 2.45) is 5.73 Å². The van der Waals surface area contributed by atoms with E-state index in [1.807, 2.05) is 18.2 Å². The first-order valence-electron chi connectivity index (χ1n) is 5.68. The van der Waals surface area contributed by atoms with Crippen LogP contribution in [0.15, 0.2) is 35.0 Å². The number of hydrogen-bond acceptors (Lipinski definition) is 5. The van der Waals surface area contributed by atoms with Crippen molar-refractivity contribution in [1.29, 1.82) is 0 Å². The van der Waals surface area contributed by atoms with Crippen molar-refractivity contribution in [2.45, 2.75) is 18.7 Å². The summed E-state index contributed by atoms with van der Waals surface area (Å²) in [7, 11) is -3.28. The molecule has 0 fully saturated rings. The van der Waals surface area contributed by atoms with Crippen LogP contribution in [0.4, 0.5) is 0 Å². The molecule has 0 aliphatic heterocycles. The molecule has 6 heteroatoms. The van der Waals surface area contributed by atoms with Crippen LogP contribution in [0.5, 0.6) is 0 Å². The van der Waals surface area contributed by atoms with Gasteiger partial charge in [0.05, 0.1) is 19.0 Å². The molecule has 0 atom stereocenters. The minimum atomic E-state index is -3.28. The van der Waals surface area contributed by atoms with Crippen LogP contribution in [0.3, 0.4) is 0 Å². The highest BCUT2D eigenvalue weighted by Crippen LogP contribution is 2.51. The van der Waals surface area contributed by atoms with E-state index < -0.39 is 7.60 Å². The van der Waals surface area contributed by atoms with Crippen molar-refractivity contribution in [3.8, 4) is 0 Å². The van der Waals surface area contributed by atoms with Gasteiger partial charge in [-0.05, 0) is 19.9 Å². The Labute approximate surface area is 113 Å². The predicted octanol–water partition coefficient (Wildman–Crippen LogP) is 3.50. The second-order valence-electron chi connectivity index (χ2n) is 3.48. The molecule has 0 radical (unpaired) electrons. The summed E-state index contributed by atoms with van der Waals surface area (Å²) in [6.45, 7) is 4.09. The molecule has 0 saturated carbocycles. The molecule has 1 rings (SSSR count). The van der Waals surface area contributed by atoms with Gasteiger partial charge in [0.25, 0.3) is 0 Å². The molecule has 0 aliphatic rings. The van der Waals surface area contributed by atoms with Gasteiger partial charge >= 0.3 is 7.60 Å². The van der Waals surface area contributed by atoms with Crippen molar-refractivity contribution in [2.75, 3.05) is 13.2 Å². The molecule has 0 aromatic heterocycles. The molecule has 0 bridgehead atoms. The van der Waals surface area contributed by atoms with E-state index in [1.54, 1.807) is 19.9 Å². The lowest BCUT2D eigenvalue weighted by Gasteiger charge is -2.14. The number of benzene rings is 1. The van der Waals surface area contributed by atoms with Gasteiger partial charge in [-0.15, -0.1) is 12.6 Å². The summed E-state index contributed by atoms with van der Waals surface area (Å²) in [6.07, 6.45) is 0. The van der Waals surface area contributed by atoms with Gasteiger partial charge in [0.15, 0.2) is 0 Å². The number of thiol groups is 1. The molecule has 0 amide bonds. The maximum Gasteiger partial charge on any atom is 0.356 e. The van der Waals surface area contributed by atoms with E-state index in [2.05, 4.69) is 12.6 Å². The summed E-state index contributed by atoms with van der Waals surface area (Å²) >= 11 is 4.30. The van der Waals surface area contributed by atoms with E-state index in [0.29, 0.717) is 29.4 Å². The maximum atomic E-state index is 12.3. The molecular formula is C12H18NO3PS. The zero-order chi connectivity index (χ0) is 13.6. The largest absolute Gasteiger partial charge is 0.398 e. The normalized spacial score (nSPS) is 12.7. The maximum absolute atomic E-state index is 12.3. The standard InChI is InChI=1S/C12H18NO3PS/c1-3-15-17(14,16-4-2)9-11(13)10-7-5-6-8-12(10)18/h5-9,18H,3-4,13H2,1-2H3/b11-9+. The Kier molecular flexibility index (Phi) is 5.96. The first kappa shape index (κ1) is 15.3. The van der Waals surface area contributed by atoms with E-state index in [-0.39, 0.29) is 0 Å². The third kappa shape index (κ3) is 4.18. The minimum absolute atomic E-state index is 0.295. The van der Waals surface area contributed by atoms with Gasteiger partial charge in [-0.25, -0.2) is 0 Å². The van der Waals surface area contributed by atoms with E-state index in [1.165, 1.54) is 5.82 Å². The highest BCUT2D eigenvalue weighted by Gasteiger charge is 2.21. The van der Waals surface area contributed by atoms with Crippen LogP contribution in [0, 0.1) is 0 Å². The van der Waals surface area contributed by atoms with Crippen molar-refractivity contribution in [3.63, 3.8) is 0 Å². The highest BCUT2D eigenvalue weighted by atomic mass is 32.1. The quantitative estimate of drug-likeness (QED) is 0.621. The Morgan fingerprint density at radius 3 is 2.39 bits per heavy atom. The van der Waals surface area contributed by atoms with Crippen LogP contribution >= 0.6 is 20.2 Å². The number of rotatable bonds is 6. The molecule has 1 aromatic carbocycles. The Morgan fingerprint density at radius 1 is 1.33 bits per heavy atom. The first-order valence-corrected chi connectivity index (χ1v) is 7.73. The zero-order valence-corrected chi connectivity index (χ0v) is 12.3. The van der Waals surface area contributed by atoms with E-state index in [0.717, 1.165) is 0 Å². The van der Waals surface area contributed by atoms with Gasteiger partial charge in [0.2, 0.25) is 0 Å². The summed E-state index contributed by atoms with van der Waals surface area (Å²) in [5.74, 6) is 1.34. The fraction of sp³-hybridized carbons (Fsp3) is 0.333. The van der Waals surface area contributed by atoms with Gasteiger partial charge in [0.1, 0.15) is 0 Å². The van der Waals surface area contributed by atoms with Crippen LogP contribution in [0.2, 0.25) is 0 Å². The lowest BCUT2D eigenvalue weighted by molar-refractivity contribution is 0.229. The average Bonchev–Trinajstić information content (AvgIpc) is 2.29. The molecule has 2 N–H and O–H groups in total. The van der Waals surface area contributed by atoms with Gasteiger partial charge in [-0.1, -0.05) is 18.2 Å². The van der Waals surface area contributed by atoms with Crippen molar-refractivity contribution >= 4 is 25.9 Å². The highest BCUT2D eigenvalue weighted by molar-refractivity contribution is 7.80. The smallest absolute Gasteiger partial charge is 0.356 e. The molecule has 1 aromatic rings. The van der Waals surface area contributed by atoms with E-state index in [9.17, 15) is 4.57 Å². The van der Waals surface area contributed by atoms with Crippen molar-refractivity contribution in [1.82, 2.24) is 0 Å². The third-order valence-electron chi connectivity index (χ3n) is 2.13. The number of nitrogens with two attached hydrogens (primary N) is 1. The molecule has 0 spiro atoms. The van der Waals surface area contributed by atoms with E-state index in [4.69, 9.17) is 14.8 Å². The molecular weight excluding hydrogens is 269 g/mol. The second kappa shape index (κ2) is 7.00. The van der Waals surface area contributed by atoms with Crippen LogP contribution in [-0.4, -0.2) is 13.2 Å². The molecule has 0 heterocycles. The summed E-state index contributed by atoms with van der Waals surface area (Å²) in [5, 5.41) is 0. The summed E-state index contributed by atoms with van der Waals surface area (Å²) in [4.78, 5) is 0.714. The van der Waals surface area contributed by atoms with Crippen LogP contribution in [0.25, 0.3) is 5.70 Å². The Hall–Kier alpha value is -0.740. The Morgan fingerprint density at radius 2 is 1.89 bits per heavy atom. The van der Waals surface area contributed by atoms with Gasteiger partial charge < -0.3 is 14.8 Å². The SMILES string of the molecule is CCOP(=O)(/C=C(/N)c1ccccc1S)OCC. The molecule has 100 valence electrons. The molecule has 0 saturated heterocycles. The Bertz CT molecular complexity index is 466. The second-order valence-corrected chi connectivity index (χ2v) is 5.81. The summed E-state index contributed by atoms with van der Waals surface area (Å²) in [5.41, 5.74) is 6.97. The monoisotopic (exact) mass is 287 g/mol. The number of hydrogen-bond donors (Lipinski definition) is 2. The van der Waals surface area contributed by atoms with Gasteiger partial charge in [-0.3, -0.25) is 4.57 Å². The van der Waals surface area contributed by atoms with Crippen molar-refractivity contribution in [3.05, 3.63) is 35.6 Å². The zero-order valence-electron chi connectivity index (χ0n) is 10.5. The Balaban J connectivity index is 3.06. The van der Waals surface area contributed by atoms with Crippen LogP contribution in [-0.2, 0) is 13.6 Å². The van der Waals surface area contributed by atoms with Crippen LogP contribution in [0.1, 0.15) is 19.4 Å². The fourth-order valence-electron chi connectivity index (χ4n) is 1.43. The summed E-state index contributed by atoms with van der Waals surface area (Å²) < 4.78 is 22.6. The van der Waals surface area contributed by atoms with Gasteiger partial charge in [-0.2, -0.15) is 0 Å². The average molecular weight is 287 g/mol. The topological polar surface area (TPSA) is 61.5 Å². The lowest BCUT2D eigenvalue weighted by atomic mass is 10.2. The fourth-order valence-corrected chi connectivity index (χ4v) is 3.14. The van der Waals surface area contributed by atoms with Crippen LogP contribution < -0.4 is 5.73 Å². The predicted molar refractivity (Wildman–Crippen MR) is 76.7 cm³/mol.